The van der Waals surface area contributed by atoms with Gasteiger partial charge in [0.15, 0.2) is 18.7 Å². The van der Waals surface area contributed by atoms with Crippen molar-refractivity contribution in [3.8, 4) is 0 Å². The van der Waals surface area contributed by atoms with Crippen LogP contribution in [0.1, 0.15) is 94.9 Å². The van der Waals surface area contributed by atoms with Crippen LogP contribution >= 0.6 is 11.8 Å². The minimum atomic E-state index is -1.86. The molecule has 20 nitrogen and oxygen atoms in total. The molecule has 1 amide bonds. The Labute approximate surface area is 436 Å². The zero-order valence-corrected chi connectivity index (χ0v) is 46.3. The number of nitrogens with one attached hydrogen (secondary N) is 2. The average molecular weight is 1050 g/mol. The highest BCUT2D eigenvalue weighted by molar-refractivity contribution is 7.99. The number of aliphatic hydroxyl groups is 4. The maximum atomic E-state index is 14.5. The molecular formula is C52H86N6O14S. The predicted molar refractivity (Wildman–Crippen MR) is 274 cm³/mol. The zero-order valence-electron chi connectivity index (χ0n) is 45.5. The second kappa shape index (κ2) is 26.3. The molecule has 0 unspecified atom stereocenters. The summed E-state index contributed by atoms with van der Waals surface area (Å²) in [5, 5.41) is 54.5. The fraction of sp³-hybridized carbons (Fsp3) is 0.788. The molecule has 0 spiro atoms. The number of carbonyl (C=O) groups excluding carboxylic acids is 3. The smallest absolute Gasteiger partial charge is 0.320 e. The van der Waals surface area contributed by atoms with Gasteiger partial charge in [0.05, 0.1) is 65.5 Å². The van der Waals surface area contributed by atoms with E-state index in [1.165, 1.54) is 25.8 Å². The van der Waals surface area contributed by atoms with Crippen LogP contribution in [0.4, 0.5) is 0 Å². The molecule has 21 heteroatoms. The molecule has 3 aliphatic rings. The third-order valence-electron chi connectivity index (χ3n) is 15.1. The van der Waals surface area contributed by atoms with Gasteiger partial charge in [-0.15, -0.1) is 0 Å². The Morgan fingerprint density at radius 1 is 0.973 bits per heavy atom. The summed E-state index contributed by atoms with van der Waals surface area (Å²) >= 11 is 1.28. The van der Waals surface area contributed by atoms with E-state index in [-0.39, 0.29) is 62.1 Å². The number of rotatable bonds is 16. The third kappa shape index (κ3) is 15.5. The van der Waals surface area contributed by atoms with Crippen molar-refractivity contribution >= 4 is 40.6 Å². The van der Waals surface area contributed by atoms with Crippen LogP contribution in [0.15, 0.2) is 35.5 Å². The highest BCUT2D eigenvalue weighted by Crippen LogP contribution is 2.41. The topological polar surface area (TPSA) is 253 Å². The molecule has 1 aromatic heterocycles. The molecule has 0 aliphatic carbocycles. The molecule has 18 atom stereocenters. The molecule has 3 aliphatic heterocycles. The van der Waals surface area contributed by atoms with Gasteiger partial charge in [-0.1, -0.05) is 44.7 Å². The highest BCUT2D eigenvalue weighted by atomic mass is 32.2. The first-order chi connectivity index (χ1) is 34.2. The first-order valence-electron chi connectivity index (χ1n) is 25.8. The minimum Gasteiger partial charge on any atom is -0.459 e. The fourth-order valence-electron chi connectivity index (χ4n) is 10.8. The van der Waals surface area contributed by atoms with E-state index in [1.54, 1.807) is 54.7 Å². The number of aromatic nitrogens is 2. The molecule has 3 saturated heterocycles. The first kappa shape index (κ1) is 60.7. The van der Waals surface area contributed by atoms with Crippen molar-refractivity contribution in [2.45, 2.75) is 190 Å². The number of para-hydroxylation sites is 2. The predicted octanol–water partition coefficient (Wildman–Crippen LogP) is 2.89. The molecule has 2 aromatic rings. The van der Waals surface area contributed by atoms with Crippen LogP contribution in [-0.4, -0.2) is 209 Å². The molecule has 73 heavy (non-hydrogen) atoms. The van der Waals surface area contributed by atoms with E-state index in [4.69, 9.17) is 33.2 Å². The SMILES string of the molecule is CC[C@@H]1OC(=O)[C@H](C)[C@@H](O[C@H]2C[C@@](C)(OC)[C@@H](OC(=O)CNCCNC(=O)CSc3cnc4ccccc4n3)[C@H](C)O2)[C@@H](C)[C@@H](O[C@@H]2O[C@H](C)C[C@H](N(C)C)[C@H]2O)[C@](C)(O)C[C@@H](C)CN(C)[C@H](C)[C@@H](O)[C@]1(C)O. The monoisotopic (exact) mass is 1050 g/mol. The lowest BCUT2D eigenvalue weighted by molar-refractivity contribution is -0.318. The van der Waals surface area contributed by atoms with Crippen LogP contribution in [0.25, 0.3) is 11.0 Å². The van der Waals surface area contributed by atoms with E-state index in [0.717, 1.165) is 11.0 Å². The number of hydrogen-bond donors (Lipinski definition) is 6. The quantitative estimate of drug-likeness (QED) is 0.0803. The number of hydrogen-bond acceptors (Lipinski definition) is 20. The summed E-state index contributed by atoms with van der Waals surface area (Å²) in [5.74, 6) is -3.48. The summed E-state index contributed by atoms with van der Waals surface area (Å²) in [4.78, 5) is 53.2. The van der Waals surface area contributed by atoms with Gasteiger partial charge in [0, 0.05) is 51.2 Å². The molecule has 0 bridgehead atoms. The zero-order chi connectivity index (χ0) is 54.2. The number of amides is 1. The van der Waals surface area contributed by atoms with Gasteiger partial charge in [-0.05, 0) is 107 Å². The van der Waals surface area contributed by atoms with Gasteiger partial charge < -0.3 is 74.0 Å². The number of likely N-dealkylation sites (N-methyl/N-ethyl adjacent to an activating group) is 2. The van der Waals surface area contributed by atoms with Crippen molar-refractivity contribution in [1.82, 2.24) is 30.4 Å². The summed E-state index contributed by atoms with van der Waals surface area (Å²) in [6.45, 7) is 18.3. The Hall–Kier alpha value is -3.16. The maximum Gasteiger partial charge on any atom is 0.320 e. The van der Waals surface area contributed by atoms with Gasteiger partial charge in [0.1, 0.15) is 34.5 Å². The van der Waals surface area contributed by atoms with Gasteiger partial charge >= 0.3 is 11.9 Å². The normalized spacial score (nSPS) is 38.6. The van der Waals surface area contributed by atoms with E-state index in [9.17, 15) is 34.8 Å². The summed E-state index contributed by atoms with van der Waals surface area (Å²) in [6.07, 6.45) is -7.42. The van der Waals surface area contributed by atoms with E-state index in [2.05, 4.69) is 20.6 Å². The fourth-order valence-corrected chi connectivity index (χ4v) is 11.5. The highest BCUT2D eigenvalue weighted by Gasteiger charge is 2.54. The van der Waals surface area contributed by atoms with Crippen LogP contribution in [0.2, 0.25) is 0 Å². The molecule has 5 rings (SSSR count). The number of nitrogens with zero attached hydrogens (tertiary/aromatic N) is 4. The van der Waals surface area contributed by atoms with Crippen LogP contribution in [-0.2, 0) is 47.5 Å². The molecule has 414 valence electrons. The summed E-state index contributed by atoms with van der Waals surface area (Å²) in [5.41, 5.74) is -3.13. The molecule has 4 heterocycles. The Morgan fingerprint density at radius 3 is 2.32 bits per heavy atom. The summed E-state index contributed by atoms with van der Waals surface area (Å²) in [7, 11) is 7.07. The van der Waals surface area contributed by atoms with E-state index in [1.807, 2.05) is 69.1 Å². The van der Waals surface area contributed by atoms with E-state index in [0.29, 0.717) is 24.5 Å². The lowest BCUT2D eigenvalue weighted by atomic mass is 9.77. The van der Waals surface area contributed by atoms with Crippen LogP contribution in [0.3, 0.4) is 0 Å². The Balaban J connectivity index is 1.33. The van der Waals surface area contributed by atoms with Crippen LogP contribution < -0.4 is 10.6 Å². The van der Waals surface area contributed by atoms with E-state index >= 15 is 0 Å². The summed E-state index contributed by atoms with van der Waals surface area (Å²) < 4.78 is 44.7. The lowest BCUT2D eigenvalue weighted by Crippen LogP contribution is -2.61. The third-order valence-corrected chi connectivity index (χ3v) is 16.0. The lowest BCUT2D eigenvalue weighted by Gasteiger charge is -2.49. The average Bonchev–Trinajstić information content (AvgIpc) is 3.33. The largest absolute Gasteiger partial charge is 0.459 e. The van der Waals surface area contributed by atoms with Gasteiger partial charge in [-0.2, -0.15) is 0 Å². The van der Waals surface area contributed by atoms with Crippen molar-refractivity contribution in [3.63, 3.8) is 0 Å². The van der Waals surface area contributed by atoms with Crippen molar-refractivity contribution in [2.75, 3.05) is 60.2 Å². The van der Waals surface area contributed by atoms with Crippen molar-refractivity contribution in [3.05, 3.63) is 30.5 Å². The van der Waals surface area contributed by atoms with Gasteiger partial charge in [0.2, 0.25) is 5.91 Å². The minimum absolute atomic E-state index is 0.0349. The number of thioether (sulfide) groups is 1. The molecule has 0 saturated carbocycles. The number of carbonyl (C=O) groups is 3. The number of ether oxygens (including phenoxy) is 7. The molecule has 3 fully saturated rings. The molecule has 0 radical (unpaired) electrons. The van der Waals surface area contributed by atoms with Gasteiger partial charge in [-0.25, -0.2) is 4.98 Å². The van der Waals surface area contributed by atoms with Gasteiger partial charge in [-0.3, -0.25) is 19.4 Å². The number of benzene rings is 1. The second-order valence-electron chi connectivity index (χ2n) is 21.6. The Morgan fingerprint density at radius 2 is 1.66 bits per heavy atom. The number of fused-ring (bicyclic) bond motifs is 1. The molecule has 6 N–H and O–H groups in total. The standard InChI is InChI=1S/C52H86N6O14S/c1-15-38-52(10,65)45(62)33(6)58(13)27-29(2)23-50(8,64)46(72-49-43(61)37(57(11)12)22-30(3)67-49)31(4)44(32(5)48(63)69-38)71-42-24-51(9,66-14)47(34(7)68-42)70-41(60)26-53-20-21-54-39(59)28-73-40-25-55-35-18-16-17-19-36(35)56-40/h16-19,25,29-34,37-38,42-47,49,53,61-62,64-65H,15,20-24,26-28H2,1-14H3,(H,54,59)/t29-,30-,31-,32-,33-,34+,37+,38+,42+,43-,44+,45-,46-,47+,49+,50-,51-,52-/m1/s1. The van der Waals surface area contributed by atoms with Crippen molar-refractivity contribution in [2.24, 2.45) is 17.8 Å². The van der Waals surface area contributed by atoms with Gasteiger partial charge in [0.25, 0.3) is 0 Å². The number of methoxy groups -OCH3 is 1. The van der Waals surface area contributed by atoms with Crippen molar-refractivity contribution < 1.29 is 68.0 Å². The Kier molecular flexibility index (Phi) is 21.8. The molecule has 1 aromatic carbocycles. The number of aliphatic hydroxyl groups excluding tert-OH is 2. The Bertz CT molecular complexity index is 2110. The number of esters is 2. The second-order valence-corrected chi connectivity index (χ2v) is 22.6. The summed E-state index contributed by atoms with van der Waals surface area (Å²) in [6, 6.07) is 6.61. The number of cyclic esters (lactones) is 1. The van der Waals surface area contributed by atoms with Crippen molar-refractivity contribution in [1.29, 1.82) is 0 Å². The van der Waals surface area contributed by atoms with Crippen LogP contribution in [0.5, 0.6) is 0 Å². The van der Waals surface area contributed by atoms with E-state index < -0.39 is 102 Å². The molecular weight excluding hydrogens is 965 g/mol. The van der Waals surface area contributed by atoms with Crippen LogP contribution in [0, 0.1) is 17.8 Å². The first-order valence-corrected chi connectivity index (χ1v) is 26.8. The maximum absolute atomic E-state index is 14.5.